The Balaban J connectivity index is 1.29. The maximum atomic E-state index is 12.6. The standard InChI is InChI=1S/C19H22N6OS/c1-23(13-17-22-15-5-2-3-6-16(15)27-17)18(26)14-24-9-11-25(12-10-24)19-20-7-4-8-21-19/h2-8H,9-14H2,1H3. The molecule has 0 radical (unpaired) electrons. The zero-order chi connectivity index (χ0) is 18.6. The van der Waals surface area contributed by atoms with Crippen molar-refractivity contribution in [3.8, 4) is 0 Å². The molecule has 0 aliphatic carbocycles. The summed E-state index contributed by atoms with van der Waals surface area (Å²) in [7, 11) is 1.85. The van der Waals surface area contributed by atoms with Crippen LogP contribution in [0.2, 0.25) is 0 Å². The molecule has 3 aromatic rings. The van der Waals surface area contributed by atoms with Gasteiger partial charge in [0.2, 0.25) is 11.9 Å². The molecule has 0 saturated carbocycles. The van der Waals surface area contributed by atoms with Gasteiger partial charge in [0.25, 0.3) is 0 Å². The highest BCUT2D eigenvalue weighted by atomic mass is 32.1. The van der Waals surface area contributed by atoms with Gasteiger partial charge in [-0.05, 0) is 18.2 Å². The van der Waals surface area contributed by atoms with E-state index in [9.17, 15) is 4.79 Å². The first-order valence-corrected chi connectivity index (χ1v) is 9.83. The van der Waals surface area contributed by atoms with Crippen LogP contribution in [0.4, 0.5) is 5.95 Å². The van der Waals surface area contributed by atoms with E-state index < -0.39 is 0 Å². The molecule has 7 nitrogen and oxygen atoms in total. The van der Waals surface area contributed by atoms with Crippen molar-refractivity contribution in [2.24, 2.45) is 0 Å². The fourth-order valence-electron chi connectivity index (χ4n) is 3.15. The fourth-order valence-corrected chi connectivity index (χ4v) is 4.17. The first-order valence-electron chi connectivity index (χ1n) is 9.02. The Kier molecular flexibility index (Phi) is 5.26. The van der Waals surface area contributed by atoms with E-state index >= 15 is 0 Å². The zero-order valence-electron chi connectivity index (χ0n) is 15.3. The molecule has 0 bridgehead atoms. The van der Waals surface area contributed by atoms with Crippen molar-refractivity contribution >= 4 is 33.4 Å². The number of para-hydroxylation sites is 1. The molecule has 3 heterocycles. The van der Waals surface area contributed by atoms with Crippen LogP contribution in [-0.4, -0.2) is 70.4 Å². The summed E-state index contributed by atoms with van der Waals surface area (Å²) in [5.74, 6) is 0.884. The van der Waals surface area contributed by atoms with E-state index in [1.54, 1.807) is 28.6 Å². The smallest absolute Gasteiger partial charge is 0.236 e. The lowest BCUT2D eigenvalue weighted by Crippen LogP contribution is -2.50. The summed E-state index contributed by atoms with van der Waals surface area (Å²) in [4.78, 5) is 31.9. The first-order chi connectivity index (χ1) is 13.2. The molecule has 140 valence electrons. The van der Waals surface area contributed by atoms with Crippen LogP contribution in [0.25, 0.3) is 10.2 Å². The van der Waals surface area contributed by atoms with Gasteiger partial charge in [0.1, 0.15) is 5.01 Å². The van der Waals surface area contributed by atoms with Gasteiger partial charge in [-0.3, -0.25) is 9.69 Å². The van der Waals surface area contributed by atoms with Crippen LogP contribution >= 0.6 is 11.3 Å². The van der Waals surface area contributed by atoms with E-state index in [4.69, 9.17) is 0 Å². The minimum Gasteiger partial charge on any atom is -0.338 e. The second kappa shape index (κ2) is 7.98. The number of hydrogen-bond donors (Lipinski definition) is 0. The van der Waals surface area contributed by atoms with Crippen LogP contribution in [0.1, 0.15) is 5.01 Å². The van der Waals surface area contributed by atoms with Gasteiger partial charge in [-0.25, -0.2) is 15.0 Å². The number of benzene rings is 1. The summed E-state index contributed by atoms with van der Waals surface area (Å²) >= 11 is 1.65. The summed E-state index contributed by atoms with van der Waals surface area (Å²) in [6.07, 6.45) is 3.52. The second-order valence-electron chi connectivity index (χ2n) is 6.64. The molecule has 0 spiro atoms. The number of piperazine rings is 1. The molecule has 1 amide bonds. The van der Waals surface area contributed by atoms with Gasteiger partial charge in [-0.2, -0.15) is 0 Å². The van der Waals surface area contributed by atoms with Crippen molar-refractivity contribution in [3.05, 3.63) is 47.7 Å². The lowest BCUT2D eigenvalue weighted by Gasteiger charge is -2.34. The van der Waals surface area contributed by atoms with E-state index in [2.05, 4.69) is 30.8 Å². The van der Waals surface area contributed by atoms with Crippen LogP contribution < -0.4 is 4.90 Å². The van der Waals surface area contributed by atoms with Crippen molar-refractivity contribution in [3.63, 3.8) is 0 Å². The molecule has 0 N–H and O–H groups in total. The number of thiazole rings is 1. The maximum Gasteiger partial charge on any atom is 0.236 e. The van der Waals surface area contributed by atoms with Crippen LogP contribution in [0, 0.1) is 0 Å². The van der Waals surface area contributed by atoms with Crippen molar-refractivity contribution in [1.29, 1.82) is 0 Å². The molecular weight excluding hydrogens is 360 g/mol. The molecule has 0 atom stereocenters. The number of nitrogens with zero attached hydrogens (tertiary/aromatic N) is 6. The van der Waals surface area contributed by atoms with Gasteiger partial charge in [-0.15, -0.1) is 11.3 Å². The largest absolute Gasteiger partial charge is 0.338 e. The van der Waals surface area contributed by atoms with Crippen LogP contribution in [0.5, 0.6) is 0 Å². The number of hydrogen-bond acceptors (Lipinski definition) is 7. The first kappa shape index (κ1) is 17.8. The summed E-state index contributed by atoms with van der Waals surface area (Å²) < 4.78 is 1.16. The minimum atomic E-state index is 0.124. The number of rotatable bonds is 5. The summed E-state index contributed by atoms with van der Waals surface area (Å²) in [6.45, 7) is 4.32. The number of carbonyl (C=O) groups is 1. The Morgan fingerprint density at radius 1 is 1.11 bits per heavy atom. The molecule has 1 aromatic carbocycles. The lowest BCUT2D eigenvalue weighted by atomic mass is 10.3. The summed E-state index contributed by atoms with van der Waals surface area (Å²) in [6, 6.07) is 9.89. The third-order valence-corrected chi connectivity index (χ3v) is 5.72. The highest BCUT2D eigenvalue weighted by Crippen LogP contribution is 2.22. The molecule has 4 rings (SSSR count). The fraction of sp³-hybridized carbons (Fsp3) is 0.368. The normalized spacial score (nSPS) is 15.2. The Hall–Kier alpha value is -2.58. The molecule has 0 unspecified atom stereocenters. The average Bonchev–Trinajstić information content (AvgIpc) is 3.11. The Bertz CT molecular complexity index is 874. The average molecular weight is 382 g/mol. The Labute approximate surface area is 162 Å². The lowest BCUT2D eigenvalue weighted by molar-refractivity contribution is -0.131. The predicted molar refractivity (Wildman–Crippen MR) is 107 cm³/mol. The Morgan fingerprint density at radius 2 is 1.85 bits per heavy atom. The van der Waals surface area contributed by atoms with Crippen LogP contribution in [0.15, 0.2) is 42.7 Å². The van der Waals surface area contributed by atoms with Gasteiger partial charge in [0.05, 0.1) is 23.3 Å². The molecule has 27 heavy (non-hydrogen) atoms. The van der Waals surface area contributed by atoms with Gasteiger partial charge in [-0.1, -0.05) is 12.1 Å². The minimum absolute atomic E-state index is 0.124. The zero-order valence-corrected chi connectivity index (χ0v) is 16.1. The van der Waals surface area contributed by atoms with Gasteiger partial charge in [0, 0.05) is 45.6 Å². The highest BCUT2D eigenvalue weighted by molar-refractivity contribution is 7.18. The molecular formula is C19H22N6OS. The number of likely N-dealkylation sites (N-methyl/N-ethyl adjacent to an activating group) is 1. The highest BCUT2D eigenvalue weighted by Gasteiger charge is 2.22. The van der Waals surface area contributed by atoms with Crippen molar-refractivity contribution < 1.29 is 4.79 Å². The van der Waals surface area contributed by atoms with Crippen LogP contribution in [0.3, 0.4) is 0 Å². The third-order valence-electron chi connectivity index (χ3n) is 4.70. The maximum absolute atomic E-state index is 12.6. The van der Waals surface area contributed by atoms with Gasteiger partial charge < -0.3 is 9.80 Å². The van der Waals surface area contributed by atoms with Gasteiger partial charge >= 0.3 is 0 Å². The number of anilines is 1. The van der Waals surface area contributed by atoms with Crippen molar-refractivity contribution in [1.82, 2.24) is 24.8 Å². The number of fused-ring (bicyclic) bond motifs is 1. The third kappa shape index (κ3) is 4.23. The topological polar surface area (TPSA) is 65.5 Å². The van der Waals surface area contributed by atoms with E-state index in [-0.39, 0.29) is 5.91 Å². The molecule has 2 aromatic heterocycles. The van der Waals surface area contributed by atoms with E-state index in [0.717, 1.165) is 47.4 Å². The molecule has 1 fully saturated rings. The number of amides is 1. The molecule has 1 saturated heterocycles. The van der Waals surface area contributed by atoms with E-state index in [1.807, 2.05) is 31.3 Å². The van der Waals surface area contributed by atoms with Gasteiger partial charge in [0.15, 0.2) is 0 Å². The van der Waals surface area contributed by atoms with Crippen LogP contribution in [-0.2, 0) is 11.3 Å². The molecule has 8 heteroatoms. The molecule has 1 aliphatic heterocycles. The van der Waals surface area contributed by atoms with E-state index in [0.29, 0.717) is 13.1 Å². The second-order valence-corrected chi connectivity index (χ2v) is 7.75. The van der Waals surface area contributed by atoms with Crippen molar-refractivity contribution in [2.45, 2.75) is 6.54 Å². The summed E-state index contributed by atoms with van der Waals surface area (Å²) in [5.41, 5.74) is 0.998. The monoisotopic (exact) mass is 382 g/mol. The van der Waals surface area contributed by atoms with E-state index in [1.165, 1.54) is 0 Å². The summed E-state index contributed by atoms with van der Waals surface area (Å²) in [5, 5.41) is 0.970. The molecule has 1 aliphatic rings. The predicted octanol–water partition coefficient (Wildman–Crippen LogP) is 1.87. The quantitative estimate of drug-likeness (QED) is 0.671. The SMILES string of the molecule is CN(Cc1nc2ccccc2s1)C(=O)CN1CCN(c2ncccn2)CC1. The number of aromatic nitrogens is 3. The number of carbonyl (C=O) groups excluding carboxylic acids is 1. The Morgan fingerprint density at radius 3 is 2.59 bits per heavy atom. The van der Waals surface area contributed by atoms with Crippen molar-refractivity contribution in [2.75, 3.05) is 44.7 Å².